The molecule has 1 heterocycles. The lowest BCUT2D eigenvalue weighted by Crippen LogP contribution is -2.39. The van der Waals surface area contributed by atoms with Gasteiger partial charge in [-0.2, -0.15) is 0 Å². The van der Waals surface area contributed by atoms with Gasteiger partial charge in [-0.05, 0) is 33.1 Å². The van der Waals surface area contributed by atoms with E-state index in [4.69, 9.17) is 4.74 Å². The molecule has 4 heteroatoms. The number of rotatable bonds is 0. The third kappa shape index (κ3) is 1.61. The molecule has 2 fully saturated rings. The number of likely N-dealkylation sites (tertiary alicyclic amines) is 1. The van der Waals surface area contributed by atoms with Crippen LogP contribution in [0.5, 0.6) is 0 Å². The molecule has 0 aromatic carbocycles. The van der Waals surface area contributed by atoms with Gasteiger partial charge < -0.3 is 4.74 Å². The smallest absolute Gasteiger partial charge is 0.417 e. The van der Waals surface area contributed by atoms with E-state index in [1.165, 1.54) is 4.90 Å². The Bertz CT molecular complexity index is 292. The number of nitrogens with zero attached hydrogens (tertiary/aromatic N) is 1. The highest BCUT2D eigenvalue weighted by Crippen LogP contribution is 2.45. The lowest BCUT2D eigenvalue weighted by molar-refractivity contribution is -0.128. The van der Waals surface area contributed by atoms with Crippen LogP contribution in [0.2, 0.25) is 0 Å². The van der Waals surface area contributed by atoms with Crippen LogP contribution in [0.15, 0.2) is 0 Å². The SMILES string of the molecule is CC(C)(C)OC(=O)N1C(=O)CC2CC21. The maximum atomic E-state index is 11.6. The summed E-state index contributed by atoms with van der Waals surface area (Å²) >= 11 is 0. The Labute approximate surface area is 83.2 Å². The Morgan fingerprint density at radius 3 is 2.57 bits per heavy atom. The molecule has 1 aliphatic carbocycles. The summed E-state index contributed by atoms with van der Waals surface area (Å²) in [7, 11) is 0. The fourth-order valence-electron chi connectivity index (χ4n) is 1.82. The summed E-state index contributed by atoms with van der Waals surface area (Å²) in [6.07, 6.45) is 1.00. The van der Waals surface area contributed by atoms with Crippen LogP contribution in [0.3, 0.4) is 0 Å². The van der Waals surface area contributed by atoms with Gasteiger partial charge in [-0.25, -0.2) is 9.69 Å². The first kappa shape index (κ1) is 9.49. The van der Waals surface area contributed by atoms with Gasteiger partial charge in [0, 0.05) is 12.5 Å². The second kappa shape index (κ2) is 2.72. The van der Waals surface area contributed by atoms with Crippen molar-refractivity contribution in [2.75, 3.05) is 0 Å². The summed E-state index contributed by atoms with van der Waals surface area (Å²) in [6.45, 7) is 5.40. The Morgan fingerprint density at radius 1 is 1.50 bits per heavy atom. The molecule has 14 heavy (non-hydrogen) atoms. The molecule has 0 aromatic rings. The van der Waals surface area contributed by atoms with Gasteiger partial charge in [-0.1, -0.05) is 0 Å². The van der Waals surface area contributed by atoms with Crippen LogP contribution in [-0.4, -0.2) is 28.5 Å². The molecular weight excluding hydrogens is 182 g/mol. The molecule has 0 radical (unpaired) electrons. The van der Waals surface area contributed by atoms with Crippen molar-refractivity contribution in [1.29, 1.82) is 0 Å². The molecule has 2 unspecified atom stereocenters. The molecule has 78 valence electrons. The fraction of sp³-hybridized carbons (Fsp3) is 0.800. The zero-order valence-corrected chi connectivity index (χ0v) is 8.74. The summed E-state index contributed by atoms with van der Waals surface area (Å²) in [5.41, 5.74) is -0.523. The number of imide groups is 1. The second-order valence-corrected chi connectivity index (χ2v) is 5.01. The topological polar surface area (TPSA) is 46.6 Å². The predicted molar refractivity (Wildman–Crippen MR) is 49.6 cm³/mol. The minimum absolute atomic E-state index is 0.0829. The van der Waals surface area contributed by atoms with E-state index in [1.807, 2.05) is 0 Å². The van der Waals surface area contributed by atoms with Crippen LogP contribution in [-0.2, 0) is 9.53 Å². The molecule has 2 rings (SSSR count). The normalized spacial score (nSPS) is 30.2. The highest BCUT2D eigenvalue weighted by atomic mass is 16.6. The lowest BCUT2D eigenvalue weighted by atomic mass is 10.2. The molecule has 1 saturated carbocycles. The minimum atomic E-state index is -0.523. The number of fused-ring (bicyclic) bond motifs is 1. The predicted octanol–water partition coefficient (Wildman–Crippen LogP) is 1.54. The van der Waals surface area contributed by atoms with Crippen molar-refractivity contribution >= 4 is 12.0 Å². The Kier molecular flexibility index (Phi) is 1.84. The van der Waals surface area contributed by atoms with E-state index in [-0.39, 0.29) is 11.9 Å². The van der Waals surface area contributed by atoms with Crippen molar-refractivity contribution in [3.8, 4) is 0 Å². The van der Waals surface area contributed by atoms with Crippen LogP contribution < -0.4 is 0 Å². The number of hydrogen-bond donors (Lipinski definition) is 0. The molecule has 4 nitrogen and oxygen atoms in total. The van der Waals surface area contributed by atoms with Gasteiger partial charge in [0.05, 0.1) is 0 Å². The van der Waals surface area contributed by atoms with Gasteiger partial charge in [0.2, 0.25) is 5.91 Å². The van der Waals surface area contributed by atoms with Crippen molar-refractivity contribution < 1.29 is 14.3 Å². The fourth-order valence-corrected chi connectivity index (χ4v) is 1.82. The molecule has 1 aliphatic heterocycles. The van der Waals surface area contributed by atoms with E-state index in [2.05, 4.69) is 0 Å². The molecule has 2 amide bonds. The number of amides is 2. The highest BCUT2D eigenvalue weighted by Gasteiger charge is 2.55. The first-order valence-corrected chi connectivity index (χ1v) is 4.93. The van der Waals surface area contributed by atoms with Gasteiger partial charge in [0.15, 0.2) is 0 Å². The van der Waals surface area contributed by atoms with Crippen LogP contribution in [0.4, 0.5) is 4.79 Å². The number of carbonyl (C=O) groups excluding carboxylic acids is 2. The molecule has 2 aliphatic rings. The zero-order chi connectivity index (χ0) is 10.5. The largest absolute Gasteiger partial charge is 0.443 e. The lowest BCUT2D eigenvalue weighted by Gasteiger charge is -2.24. The summed E-state index contributed by atoms with van der Waals surface area (Å²) in [4.78, 5) is 24.2. The van der Waals surface area contributed by atoms with Crippen LogP contribution in [0.25, 0.3) is 0 Å². The maximum absolute atomic E-state index is 11.6. The standard InChI is InChI=1S/C10H15NO3/c1-10(2,3)14-9(13)11-7-4-6(7)5-8(11)12/h6-7H,4-5H2,1-3H3. The maximum Gasteiger partial charge on any atom is 0.417 e. The van der Waals surface area contributed by atoms with Crippen LogP contribution in [0, 0.1) is 5.92 Å². The molecule has 0 bridgehead atoms. The van der Waals surface area contributed by atoms with Gasteiger partial charge in [0.1, 0.15) is 5.60 Å². The summed E-state index contributed by atoms with van der Waals surface area (Å²) in [5, 5.41) is 0. The average molecular weight is 197 g/mol. The molecule has 0 aromatic heterocycles. The van der Waals surface area contributed by atoms with E-state index in [1.54, 1.807) is 20.8 Å². The summed E-state index contributed by atoms with van der Waals surface area (Å²) in [6, 6.07) is 0.136. The number of piperidine rings is 1. The average Bonchev–Trinajstić information content (AvgIpc) is 2.58. The van der Waals surface area contributed by atoms with E-state index in [9.17, 15) is 9.59 Å². The van der Waals surface area contributed by atoms with Gasteiger partial charge in [-0.3, -0.25) is 4.79 Å². The highest BCUT2D eigenvalue weighted by molar-refractivity contribution is 5.95. The van der Waals surface area contributed by atoms with Crippen LogP contribution >= 0.6 is 0 Å². The minimum Gasteiger partial charge on any atom is -0.443 e. The van der Waals surface area contributed by atoms with Gasteiger partial charge in [-0.15, -0.1) is 0 Å². The quantitative estimate of drug-likeness (QED) is 0.591. The zero-order valence-electron chi connectivity index (χ0n) is 8.74. The van der Waals surface area contributed by atoms with Crippen molar-refractivity contribution in [2.45, 2.75) is 45.3 Å². The summed E-state index contributed by atoms with van der Waals surface area (Å²) in [5.74, 6) is 0.329. The van der Waals surface area contributed by atoms with Crippen molar-refractivity contribution in [2.24, 2.45) is 5.92 Å². The summed E-state index contributed by atoms with van der Waals surface area (Å²) < 4.78 is 5.16. The first-order valence-electron chi connectivity index (χ1n) is 4.93. The van der Waals surface area contributed by atoms with E-state index in [0.29, 0.717) is 12.3 Å². The molecule has 0 spiro atoms. The first-order chi connectivity index (χ1) is 6.38. The Balaban J connectivity index is 2.01. The second-order valence-electron chi connectivity index (χ2n) is 5.01. The van der Waals surface area contributed by atoms with Crippen molar-refractivity contribution in [3.63, 3.8) is 0 Å². The Hall–Kier alpha value is -1.06. The Morgan fingerprint density at radius 2 is 2.14 bits per heavy atom. The van der Waals surface area contributed by atoms with E-state index < -0.39 is 11.7 Å². The number of hydrogen-bond acceptors (Lipinski definition) is 3. The third-order valence-electron chi connectivity index (χ3n) is 2.51. The molecular formula is C10H15NO3. The van der Waals surface area contributed by atoms with Crippen molar-refractivity contribution in [3.05, 3.63) is 0 Å². The molecule has 2 atom stereocenters. The third-order valence-corrected chi connectivity index (χ3v) is 2.51. The van der Waals surface area contributed by atoms with Crippen LogP contribution in [0.1, 0.15) is 33.6 Å². The van der Waals surface area contributed by atoms with E-state index >= 15 is 0 Å². The monoisotopic (exact) mass is 197 g/mol. The molecule has 0 N–H and O–H groups in total. The van der Waals surface area contributed by atoms with Gasteiger partial charge >= 0.3 is 6.09 Å². The number of ether oxygens (including phenoxy) is 1. The van der Waals surface area contributed by atoms with Gasteiger partial charge in [0.25, 0.3) is 0 Å². The number of carbonyl (C=O) groups is 2. The molecule has 1 saturated heterocycles. The van der Waals surface area contributed by atoms with E-state index in [0.717, 1.165) is 6.42 Å². The van der Waals surface area contributed by atoms with Crippen molar-refractivity contribution in [1.82, 2.24) is 4.90 Å².